The smallest absolute Gasteiger partial charge is 0.0406 e. The molecule has 1 aliphatic carbocycles. The Bertz CT molecular complexity index is 748. The molecule has 0 N–H and O–H groups in total. The van der Waals surface area contributed by atoms with Crippen molar-refractivity contribution in [3.63, 3.8) is 0 Å². The van der Waals surface area contributed by atoms with E-state index in [0.717, 1.165) is 22.9 Å². The molecule has 0 unspecified atom stereocenters. The Morgan fingerprint density at radius 3 is 2.12 bits per heavy atom. The van der Waals surface area contributed by atoms with Crippen LogP contribution >= 0.6 is 11.6 Å². The molecule has 3 rings (SSSR count). The van der Waals surface area contributed by atoms with E-state index in [-0.39, 0.29) is 0 Å². The Morgan fingerprint density at radius 2 is 1.52 bits per heavy atom. The van der Waals surface area contributed by atoms with Gasteiger partial charge < -0.3 is 0 Å². The highest BCUT2D eigenvalue weighted by molar-refractivity contribution is 6.30. The van der Waals surface area contributed by atoms with Gasteiger partial charge in [-0.15, -0.1) is 0 Å². The molecule has 0 nitrogen and oxygen atoms in total. The van der Waals surface area contributed by atoms with Gasteiger partial charge in [0.25, 0.3) is 0 Å². The van der Waals surface area contributed by atoms with E-state index < -0.39 is 0 Å². The summed E-state index contributed by atoms with van der Waals surface area (Å²) < 4.78 is 0. The molecule has 0 heterocycles. The Morgan fingerprint density at radius 1 is 0.920 bits per heavy atom. The van der Waals surface area contributed by atoms with E-state index in [9.17, 15) is 0 Å². The van der Waals surface area contributed by atoms with Crippen molar-refractivity contribution in [1.29, 1.82) is 0 Å². The van der Waals surface area contributed by atoms with Crippen LogP contribution in [0.4, 0.5) is 0 Å². The summed E-state index contributed by atoms with van der Waals surface area (Å²) in [5.41, 5.74) is 3.48. The summed E-state index contributed by atoms with van der Waals surface area (Å²) in [5, 5.41) is 0.770. The zero-order chi connectivity index (χ0) is 17.5. The van der Waals surface area contributed by atoms with Crippen molar-refractivity contribution in [3.8, 4) is 23.0 Å². The molecule has 0 bridgehead atoms. The summed E-state index contributed by atoms with van der Waals surface area (Å²) in [6.07, 6.45) is 10.9. The first-order valence-electron chi connectivity index (χ1n) is 9.29. The van der Waals surface area contributed by atoms with Gasteiger partial charge in [-0.2, -0.15) is 0 Å². The van der Waals surface area contributed by atoms with E-state index in [2.05, 4.69) is 67.3 Å². The molecule has 0 amide bonds. The maximum absolute atomic E-state index is 5.95. The molecule has 0 aliphatic heterocycles. The summed E-state index contributed by atoms with van der Waals surface area (Å²) in [5.74, 6) is 8.19. The number of benzene rings is 2. The highest BCUT2D eigenvalue weighted by atomic mass is 35.5. The number of rotatable bonds is 3. The van der Waals surface area contributed by atoms with Gasteiger partial charge in [-0.05, 0) is 73.4 Å². The van der Waals surface area contributed by atoms with Crippen LogP contribution in [0.5, 0.6) is 0 Å². The highest BCUT2D eigenvalue weighted by Crippen LogP contribution is 2.29. The minimum absolute atomic E-state index is 0.558. The van der Waals surface area contributed by atoms with E-state index in [1.165, 1.54) is 36.8 Å². The molecule has 0 saturated heterocycles. The van der Waals surface area contributed by atoms with Crippen molar-refractivity contribution >= 4 is 11.6 Å². The van der Waals surface area contributed by atoms with E-state index >= 15 is 0 Å². The van der Waals surface area contributed by atoms with Crippen LogP contribution in [-0.4, -0.2) is 0 Å². The monoisotopic (exact) mass is 348 g/mol. The molecule has 0 spiro atoms. The third-order valence-electron chi connectivity index (χ3n) is 4.90. The molecular weight excluding hydrogens is 324 g/mol. The lowest BCUT2D eigenvalue weighted by Crippen LogP contribution is -2.11. The number of hydrogen-bond acceptors (Lipinski definition) is 0. The fraction of sp³-hybridized carbons (Fsp3) is 0.333. The van der Waals surface area contributed by atoms with Crippen LogP contribution in [0.15, 0.2) is 60.7 Å². The highest BCUT2D eigenvalue weighted by Gasteiger charge is 2.17. The minimum Gasteiger partial charge on any atom is -0.0945 e. The second-order valence-electron chi connectivity index (χ2n) is 6.80. The normalized spacial score (nSPS) is 20.2. The summed E-state index contributed by atoms with van der Waals surface area (Å²) in [7, 11) is 0. The fourth-order valence-electron chi connectivity index (χ4n) is 3.36. The molecule has 25 heavy (non-hydrogen) atoms. The maximum Gasteiger partial charge on any atom is 0.0406 e. The van der Waals surface area contributed by atoms with Crippen molar-refractivity contribution in [2.24, 2.45) is 11.8 Å². The van der Waals surface area contributed by atoms with Gasteiger partial charge in [0.1, 0.15) is 0 Å². The molecule has 1 saturated carbocycles. The van der Waals surface area contributed by atoms with E-state index in [4.69, 9.17) is 11.6 Å². The fourth-order valence-corrected chi connectivity index (χ4v) is 3.48. The van der Waals surface area contributed by atoms with Crippen molar-refractivity contribution in [3.05, 3.63) is 71.3 Å². The first-order valence-corrected chi connectivity index (χ1v) is 9.66. The standard InChI is InChI=1S/C24H25Cl/c1-2-3-4-19-5-7-20(8-6-19)9-10-21-11-13-22(14-12-21)23-15-17-24(25)18-16-23/h3-4,11-20H,2,5-8H2,1H3/b4-3+. The van der Waals surface area contributed by atoms with Crippen molar-refractivity contribution < 1.29 is 0 Å². The second-order valence-corrected chi connectivity index (χ2v) is 7.24. The number of allylic oxidation sites excluding steroid dienone is 2. The summed E-state index contributed by atoms with van der Waals surface area (Å²) in [6.45, 7) is 2.20. The van der Waals surface area contributed by atoms with E-state index in [1.54, 1.807) is 0 Å². The number of hydrogen-bond donors (Lipinski definition) is 0. The SMILES string of the molecule is CC/C=C/C1CCC(C#Cc2ccc(-c3ccc(Cl)cc3)cc2)CC1. The molecule has 0 aromatic heterocycles. The lowest BCUT2D eigenvalue weighted by atomic mass is 9.82. The van der Waals surface area contributed by atoms with Gasteiger partial charge in [0.2, 0.25) is 0 Å². The van der Waals surface area contributed by atoms with Gasteiger partial charge in [0.05, 0.1) is 0 Å². The van der Waals surface area contributed by atoms with Gasteiger partial charge in [-0.1, -0.05) is 66.8 Å². The van der Waals surface area contributed by atoms with Crippen LogP contribution in [0, 0.1) is 23.7 Å². The summed E-state index contributed by atoms with van der Waals surface area (Å²) in [6, 6.07) is 16.5. The third-order valence-corrected chi connectivity index (χ3v) is 5.15. The zero-order valence-electron chi connectivity index (χ0n) is 14.8. The lowest BCUT2D eigenvalue weighted by Gasteiger charge is -2.23. The molecule has 0 atom stereocenters. The predicted octanol–water partition coefficient (Wildman–Crippen LogP) is 7.13. The molecule has 0 radical (unpaired) electrons. The Kier molecular flexibility index (Phi) is 6.37. The molecular formula is C24H25Cl. The molecule has 2 aromatic rings. The van der Waals surface area contributed by atoms with Crippen LogP contribution < -0.4 is 0 Å². The quantitative estimate of drug-likeness (QED) is 0.408. The average Bonchev–Trinajstić information content (AvgIpc) is 2.67. The molecule has 1 fully saturated rings. The maximum atomic E-state index is 5.95. The third kappa shape index (κ3) is 5.25. The molecule has 1 aliphatic rings. The Balaban J connectivity index is 1.58. The van der Waals surface area contributed by atoms with Crippen molar-refractivity contribution in [2.45, 2.75) is 39.0 Å². The van der Waals surface area contributed by atoms with Gasteiger partial charge in [-0.25, -0.2) is 0 Å². The predicted molar refractivity (Wildman–Crippen MR) is 109 cm³/mol. The van der Waals surface area contributed by atoms with Gasteiger partial charge in [0, 0.05) is 16.5 Å². The van der Waals surface area contributed by atoms with Crippen LogP contribution in [0.3, 0.4) is 0 Å². The zero-order valence-corrected chi connectivity index (χ0v) is 15.6. The molecule has 1 heteroatoms. The number of halogens is 1. The topological polar surface area (TPSA) is 0 Å². The average molecular weight is 349 g/mol. The molecule has 2 aromatic carbocycles. The van der Waals surface area contributed by atoms with Crippen molar-refractivity contribution in [2.75, 3.05) is 0 Å². The van der Waals surface area contributed by atoms with Crippen LogP contribution in [0.25, 0.3) is 11.1 Å². The first kappa shape index (κ1) is 17.8. The van der Waals surface area contributed by atoms with Crippen molar-refractivity contribution in [1.82, 2.24) is 0 Å². The second kappa shape index (κ2) is 8.93. The Hall–Kier alpha value is -1.97. The summed E-state index contributed by atoms with van der Waals surface area (Å²) >= 11 is 5.95. The lowest BCUT2D eigenvalue weighted by molar-refractivity contribution is 0.364. The van der Waals surface area contributed by atoms with Gasteiger partial charge in [0.15, 0.2) is 0 Å². The van der Waals surface area contributed by atoms with Crippen LogP contribution in [0.2, 0.25) is 5.02 Å². The van der Waals surface area contributed by atoms with Gasteiger partial charge in [-0.3, -0.25) is 0 Å². The first-order chi connectivity index (χ1) is 12.2. The van der Waals surface area contributed by atoms with Gasteiger partial charge >= 0.3 is 0 Å². The largest absolute Gasteiger partial charge is 0.0945 e. The Labute approximate surface area is 156 Å². The molecule has 128 valence electrons. The van der Waals surface area contributed by atoms with E-state index in [0.29, 0.717) is 5.92 Å². The van der Waals surface area contributed by atoms with Crippen LogP contribution in [0.1, 0.15) is 44.6 Å². The minimum atomic E-state index is 0.558. The van der Waals surface area contributed by atoms with Crippen LogP contribution in [-0.2, 0) is 0 Å². The van der Waals surface area contributed by atoms with E-state index in [1.807, 2.05) is 12.1 Å². The summed E-state index contributed by atoms with van der Waals surface area (Å²) in [4.78, 5) is 0.